The van der Waals surface area contributed by atoms with E-state index in [-0.39, 0.29) is 83.7 Å². The summed E-state index contributed by atoms with van der Waals surface area (Å²) in [6.45, 7) is 5.82. The zero-order valence-electron chi connectivity index (χ0n) is 26.9. The molecule has 1 N–H and O–H groups in total. The van der Waals surface area contributed by atoms with Gasteiger partial charge in [-0.15, -0.1) is 11.6 Å². The Bertz CT molecular complexity index is 1100. The van der Waals surface area contributed by atoms with Crippen molar-refractivity contribution in [3.63, 3.8) is 0 Å². The Morgan fingerprint density at radius 1 is 0.955 bits per heavy atom. The maximum absolute atomic E-state index is 14.0. The van der Waals surface area contributed by atoms with Crippen molar-refractivity contribution in [1.82, 2.24) is 0 Å². The van der Waals surface area contributed by atoms with Gasteiger partial charge in [-0.1, -0.05) is 19.9 Å². The molecule has 10 heteroatoms. The first-order valence-electron chi connectivity index (χ1n) is 16.8. The number of carbonyl (C=O) groups excluding carboxylic acids is 2. The second kappa shape index (κ2) is 13.2. The first-order chi connectivity index (χ1) is 21.1. The molecule has 0 radical (unpaired) electrons. The molecule has 9 nitrogen and oxygen atoms in total. The van der Waals surface area contributed by atoms with Gasteiger partial charge in [0.2, 0.25) is 0 Å². The Morgan fingerprint density at radius 2 is 1.66 bits per heavy atom. The average molecular weight is 639 g/mol. The van der Waals surface area contributed by atoms with Crippen molar-refractivity contribution in [1.29, 1.82) is 0 Å². The quantitative estimate of drug-likeness (QED) is 0.336. The molecule has 0 aromatic carbocycles. The van der Waals surface area contributed by atoms with Gasteiger partial charge >= 0.3 is 5.97 Å². The summed E-state index contributed by atoms with van der Waals surface area (Å²) in [5.74, 6) is 0.443. The van der Waals surface area contributed by atoms with Crippen LogP contribution in [0.5, 0.6) is 0 Å². The molecule has 0 amide bonds. The van der Waals surface area contributed by atoms with Crippen molar-refractivity contribution in [2.24, 2.45) is 47.3 Å². The van der Waals surface area contributed by atoms with Gasteiger partial charge in [0.1, 0.15) is 24.4 Å². The number of allylic oxidation sites excluding steroid dienone is 2. The predicted octanol–water partition coefficient (Wildman–Crippen LogP) is 4.31. The van der Waals surface area contributed by atoms with Gasteiger partial charge in [-0.05, 0) is 86.5 Å². The summed E-state index contributed by atoms with van der Waals surface area (Å²) < 4.78 is 36.2. The third-order valence-corrected chi connectivity index (χ3v) is 12.7. The zero-order chi connectivity index (χ0) is 31.4. The molecule has 6 aliphatic rings. The molecule has 3 saturated carbocycles. The second-order valence-corrected chi connectivity index (χ2v) is 14.7. The highest BCUT2D eigenvalue weighted by Gasteiger charge is 2.69. The van der Waals surface area contributed by atoms with E-state index in [9.17, 15) is 14.7 Å². The molecule has 248 valence electrons. The minimum Gasteiger partial charge on any atom is -0.462 e. The number of hydrogen-bond donors (Lipinski definition) is 1. The fourth-order valence-electron chi connectivity index (χ4n) is 9.84. The molecule has 2 aliphatic heterocycles. The van der Waals surface area contributed by atoms with Gasteiger partial charge in [0.05, 0.1) is 24.7 Å². The number of Topliss-reactive ketones (excluding diaryl/α,β-unsaturated/α-hetero) is 1. The maximum atomic E-state index is 14.0. The highest BCUT2D eigenvalue weighted by molar-refractivity contribution is 6.23. The number of halogens is 1. The lowest BCUT2D eigenvalue weighted by molar-refractivity contribution is -0.314. The van der Waals surface area contributed by atoms with E-state index >= 15 is 0 Å². The van der Waals surface area contributed by atoms with Gasteiger partial charge in [0.15, 0.2) is 12.1 Å². The van der Waals surface area contributed by atoms with E-state index in [1.54, 1.807) is 21.3 Å². The van der Waals surface area contributed by atoms with Gasteiger partial charge in [-0.25, -0.2) is 0 Å². The number of carbonyl (C=O) groups is 2. The van der Waals surface area contributed by atoms with E-state index in [2.05, 4.69) is 6.08 Å². The number of ketones is 1. The number of fused-ring (bicyclic) bond motifs is 8. The highest BCUT2D eigenvalue weighted by Crippen LogP contribution is 2.70. The maximum Gasteiger partial charge on any atom is 0.306 e. The Morgan fingerprint density at radius 3 is 2.34 bits per heavy atom. The molecule has 2 saturated heterocycles. The van der Waals surface area contributed by atoms with Crippen LogP contribution < -0.4 is 0 Å². The number of methoxy groups -OCH3 is 3. The summed E-state index contributed by atoms with van der Waals surface area (Å²) in [6, 6.07) is 0. The molecular formula is C34H51ClO9. The minimum absolute atomic E-state index is 0.0147. The van der Waals surface area contributed by atoms with Crippen LogP contribution in [0.3, 0.4) is 0 Å². The van der Waals surface area contributed by atoms with Crippen LogP contribution in [0.25, 0.3) is 0 Å². The summed E-state index contributed by atoms with van der Waals surface area (Å²) in [7, 11) is 4.94. The van der Waals surface area contributed by atoms with E-state index < -0.39 is 24.4 Å². The van der Waals surface area contributed by atoms with Gasteiger partial charge in [-0.2, -0.15) is 0 Å². The van der Waals surface area contributed by atoms with Crippen molar-refractivity contribution < 1.29 is 43.1 Å². The molecule has 0 aromatic heterocycles. The van der Waals surface area contributed by atoms with E-state index in [4.69, 9.17) is 40.0 Å². The fraction of sp³-hybridized carbons (Fsp3) is 0.882. The van der Waals surface area contributed by atoms with Gasteiger partial charge < -0.3 is 33.5 Å². The molecule has 0 aromatic rings. The molecule has 3 unspecified atom stereocenters. The van der Waals surface area contributed by atoms with Crippen molar-refractivity contribution in [2.75, 3.05) is 21.3 Å². The molecule has 0 bridgehead atoms. The molecule has 4 aliphatic carbocycles. The number of aliphatic hydroxyl groups is 1. The fourth-order valence-corrected chi connectivity index (χ4v) is 10.4. The third-order valence-electron chi connectivity index (χ3n) is 12.1. The zero-order valence-corrected chi connectivity index (χ0v) is 27.7. The Hall–Kier alpha value is -1.07. The van der Waals surface area contributed by atoms with Crippen LogP contribution >= 0.6 is 11.6 Å². The van der Waals surface area contributed by atoms with Crippen LogP contribution in [-0.4, -0.2) is 92.6 Å². The summed E-state index contributed by atoms with van der Waals surface area (Å²) in [4.78, 5) is 27.3. The van der Waals surface area contributed by atoms with Crippen molar-refractivity contribution in [2.45, 2.75) is 120 Å². The molecule has 0 spiro atoms. The standard InChI is InChI=1S/C34H51ClO9/c1-7-17-9-8-10-24(36)15(2)30(38)23-13-21-19-11-18(44-34-33(41-6)32(40-5)31(39-4)16(3)42-34)12-20(19)27-28(29(27)35)26(21)22(23)14-25(37)43-17/h13,15-22,24,26-29,31-34,36H,7-12,14H2,1-6H3/t15-,16+,17+,18+,19-,20-,21+,22-,24+,26-,27?,28?,29?,31+,32-,33-,34+/m1/s1. The second-order valence-electron chi connectivity index (χ2n) is 14.2. The molecule has 44 heavy (non-hydrogen) atoms. The number of ether oxygens (including phenoxy) is 6. The first-order valence-corrected chi connectivity index (χ1v) is 17.2. The number of esters is 1. The lowest BCUT2D eigenvalue weighted by Gasteiger charge is -2.44. The van der Waals surface area contributed by atoms with Crippen LogP contribution in [0.1, 0.15) is 65.7 Å². The van der Waals surface area contributed by atoms with Crippen molar-refractivity contribution in [3.8, 4) is 0 Å². The lowest BCUT2D eigenvalue weighted by Crippen LogP contribution is -2.59. The molecule has 2 heterocycles. The summed E-state index contributed by atoms with van der Waals surface area (Å²) in [6.07, 6.45) is 3.87. The smallest absolute Gasteiger partial charge is 0.306 e. The van der Waals surface area contributed by atoms with E-state index in [1.807, 2.05) is 20.8 Å². The molecule has 5 fully saturated rings. The van der Waals surface area contributed by atoms with E-state index in [0.717, 1.165) is 19.3 Å². The summed E-state index contributed by atoms with van der Waals surface area (Å²) in [5, 5.41) is 11.0. The number of alkyl halides is 1. The normalized spacial score (nSPS) is 50.7. The van der Waals surface area contributed by atoms with Crippen LogP contribution in [0.15, 0.2) is 11.6 Å². The Kier molecular flexibility index (Phi) is 9.86. The predicted molar refractivity (Wildman–Crippen MR) is 162 cm³/mol. The van der Waals surface area contributed by atoms with Crippen LogP contribution in [0.4, 0.5) is 0 Å². The van der Waals surface area contributed by atoms with Gasteiger partial charge in [0.25, 0.3) is 0 Å². The SMILES string of the molecule is CC[C@H]1CCC[C@H](O)[C@@H](C)C(=O)C2=C[C@H]3[C@@H]4C[C@H](O[C@@H]5O[C@@H](C)[C@H](OC)[C@@H](OC)[C@H]5OC)C[C@H]4C4C(Cl)C4[C@H]3[C@@H]2CC(=O)O1. The molecule has 6 rings (SSSR count). The van der Waals surface area contributed by atoms with Crippen LogP contribution in [0, 0.1) is 47.3 Å². The average Bonchev–Trinajstić information content (AvgIpc) is 3.31. The van der Waals surface area contributed by atoms with Crippen molar-refractivity contribution in [3.05, 3.63) is 11.6 Å². The van der Waals surface area contributed by atoms with Gasteiger partial charge in [-0.3, -0.25) is 9.59 Å². The minimum atomic E-state index is -0.717. The number of rotatable bonds is 6. The number of cyclic esters (lactones) is 1. The topological polar surface area (TPSA) is 110 Å². The molecule has 17 atom stereocenters. The Balaban J connectivity index is 1.25. The van der Waals surface area contributed by atoms with Crippen LogP contribution in [-0.2, 0) is 38.0 Å². The highest BCUT2D eigenvalue weighted by atomic mass is 35.5. The summed E-state index contributed by atoms with van der Waals surface area (Å²) >= 11 is 7.07. The lowest BCUT2D eigenvalue weighted by atomic mass is 9.66. The summed E-state index contributed by atoms with van der Waals surface area (Å²) in [5.41, 5.74) is 0.703. The van der Waals surface area contributed by atoms with E-state index in [1.165, 1.54) is 0 Å². The van der Waals surface area contributed by atoms with E-state index in [0.29, 0.717) is 36.7 Å². The van der Waals surface area contributed by atoms with Crippen LogP contribution in [0.2, 0.25) is 0 Å². The third kappa shape index (κ3) is 5.71. The number of aliphatic hydroxyl groups excluding tert-OH is 1. The monoisotopic (exact) mass is 638 g/mol. The molecular weight excluding hydrogens is 588 g/mol. The number of hydrogen-bond acceptors (Lipinski definition) is 9. The van der Waals surface area contributed by atoms with Crippen molar-refractivity contribution >= 4 is 23.4 Å². The first kappa shape index (κ1) is 32.9. The van der Waals surface area contributed by atoms with Gasteiger partial charge in [0, 0.05) is 38.5 Å². The Labute approximate surface area is 266 Å². The largest absolute Gasteiger partial charge is 0.462 e.